The van der Waals surface area contributed by atoms with Crippen LogP contribution in [0.4, 0.5) is 0 Å². The van der Waals surface area contributed by atoms with Crippen LogP contribution in [0, 0.1) is 41.5 Å². The molecule has 0 unspecified atom stereocenters. The molecule has 0 nitrogen and oxygen atoms in total. The standard InChI is InChI=1S/C60H51ClSi/c1-40-37-52(46-25-13-7-14-26-46)58(55(43(40)4)49-31-19-10-20-32-49)62(61,59-53(47-27-15-8-16-28-47)38-41(2)44(5)56(59)50-33-21-11-22-34-50)60-54(48-29-17-9-18-30-48)39-42(3)45(6)57(60)51-35-23-12-24-36-51/h7-39H,1-6H3. The van der Waals surface area contributed by atoms with Gasteiger partial charge in [-0.25, -0.2) is 0 Å². The quantitative estimate of drug-likeness (QED) is 0.0772. The minimum atomic E-state index is -3.93. The van der Waals surface area contributed by atoms with Crippen LogP contribution in [0.15, 0.2) is 200 Å². The topological polar surface area (TPSA) is 0 Å². The van der Waals surface area contributed by atoms with Crippen LogP contribution < -0.4 is 15.6 Å². The summed E-state index contributed by atoms with van der Waals surface area (Å²) in [5, 5.41) is 3.61. The van der Waals surface area contributed by atoms with Crippen LogP contribution in [-0.4, -0.2) is 7.38 Å². The van der Waals surface area contributed by atoms with Crippen LogP contribution in [0.3, 0.4) is 0 Å². The average Bonchev–Trinajstić information content (AvgIpc) is 3.32. The summed E-state index contributed by atoms with van der Waals surface area (Å²) >= 11 is 9.76. The van der Waals surface area contributed by atoms with Crippen molar-refractivity contribution in [1.82, 2.24) is 0 Å². The van der Waals surface area contributed by atoms with E-state index in [1.54, 1.807) is 0 Å². The summed E-state index contributed by atoms with van der Waals surface area (Å²) in [6.07, 6.45) is 0. The molecule has 0 amide bonds. The lowest BCUT2D eigenvalue weighted by atomic mass is 9.90. The van der Waals surface area contributed by atoms with Crippen molar-refractivity contribution < 1.29 is 0 Å². The van der Waals surface area contributed by atoms with E-state index in [2.05, 4.69) is 242 Å². The van der Waals surface area contributed by atoms with E-state index < -0.39 is 7.38 Å². The van der Waals surface area contributed by atoms with Crippen molar-refractivity contribution in [2.75, 3.05) is 0 Å². The molecule has 0 saturated carbocycles. The number of aryl methyl sites for hydroxylation is 3. The average molecular weight is 836 g/mol. The maximum atomic E-state index is 9.76. The number of rotatable bonds is 9. The molecule has 62 heavy (non-hydrogen) atoms. The number of hydrogen-bond acceptors (Lipinski definition) is 0. The van der Waals surface area contributed by atoms with Crippen molar-refractivity contribution in [2.45, 2.75) is 41.5 Å². The Morgan fingerprint density at radius 2 is 0.468 bits per heavy atom. The van der Waals surface area contributed by atoms with Crippen LogP contribution in [0.1, 0.15) is 33.4 Å². The molecule has 0 aliphatic carbocycles. The van der Waals surface area contributed by atoms with Crippen LogP contribution in [0.5, 0.6) is 0 Å². The first-order valence-corrected chi connectivity index (χ1v) is 24.6. The Bertz CT molecular complexity index is 2700. The molecule has 0 fully saturated rings. The molecule has 0 aromatic heterocycles. The molecule has 0 spiro atoms. The first kappa shape index (κ1) is 40.9. The fourth-order valence-electron chi connectivity index (χ4n) is 9.63. The van der Waals surface area contributed by atoms with Gasteiger partial charge in [0.15, 0.2) is 0 Å². The van der Waals surface area contributed by atoms with Crippen molar-refractivity contribution in [3.05, 3.63) is 234 Å². The van der Waals surface area contributed by atoms with Gasteiger partial charge in [-0.2, -0.15) is 0 Å². The number of hydrogen-bond donors (Lipinski definition) is 0. The van der Waals surface area contributed by atoms with E-state index in [1.165, 1.54) is 82.3 Å². The lowest BCUT2D eigenvalue weighted by Gasteiger charge is -2.39. The predicted molar refractivity (Wildman–Crippen MR) is 271 cm³/mol. The molecule has 9 aromatic rings. The van der Waals surface area contributed by atoms with E-state index in [4.69, 9.17) is 0 Å². The molecule has 0 heterocycles. The summed E-state index contributed by atoms with van der Waals surface area (Å²) in [5.41, 5.74) is 21.5. The lowest BCUT2D eigenvalue weighted by molar-refractivity contribution is 1.34. The fourth-order valence-corrected chi connectivity index (χ4v) is 15.9. The molecular weight excluding hydrogens is 784 g/mol. The van der Waals surface area contributed by atoms with Crippen molar-refractivity contribution in [3.63, 3.8) is 0 Å². The van der Waals surface area contributed by atoms with E-state index in [0.29, 0.717) is 0 Å². The van der Waals surface area contributed by atoms with Crippen LogP contribution in [0.2, 0.25) is 0 Å². The highest BCUT2D eigenvalue weighted by Crippen LogP contribution is 2.42. The zero-order valence-corrected chi connectivity index (χ0v) is 38.2. The summed E-state index contributed by atoms with van der Waals surface area (Å²) in [5.74, 6) is 0. The van der Waals surface area contributed by atoms with Gasteiger partial charge in [0, 0.05) is 0 Å². The third-order valence-corrected chi connectivity index (χ3v) is 18.3. The molecule has 302 valence electrons. The largest absolute Gasteiger partial charge is 0.251 e. The minimum absolute atomic E-state index is 1.15. The zero-order valence-electron chi connectivity index (χ0n) is 36.4. The highest BCUT2D eigenvalue weighted by Gasteiger charge is 2.49. The second-order valence-corrected chi connectivity index (χ2v) is 21.2. The number of benzene rings is 9. The molecule has 0 saturated heterocycles. The van der Waals surface area contributed by atoms with Gasteiger partial charge in [-0.1, -0.05) is 200 Å². The molecule has 0 radical (unpaired) electrons. The third kappa shape index (κ3) is 7.16. The minimum Gasteiger partial charge on any atom is -0.149 e. The van der Waals surface area contributed by atoms with Crippen LogP contribution in [-0.2, 0) is 0 Å². The maximum absolute atomic E-state index is 9.76. The van der Waals surface area contributed by atoms with Crippen molar-refractivity contribution >= 4 is 34.0 Å². The molecule has 2 heteroatoms. The van der Waals surface area contributed by atoms with E-state index >= 15 is 0 Å². The van der Waals surface area contributed by atoms with Gasteiger partial charge in [-0.3, -0.25) is 0 Å². The molecule has 0 aliphatic rings. The second kappa shape index (κ2) is 17.1. The molecular formula is C60H51ClSi. The Morgan fingerprint density at radius 1 is 0.274 bits per heavy atom. The SMILES string of the molecule is Cc1cc(-c2ccccc2)c([Si](Cl)(c2c(-c3ccccc3)cc(C)c(C)c2-c2ccccc2)c2c(-c3ccccc3)cc(C)c(C)c2-c2ccccc2)c(-c2ccccc2)c1C. The molecule has 0 N–H and O–H groups in total. The summed E-state index contributed by atoms with van der Waals surface area (Å²) in [6, 6.07) is 73.2. The van der Waals surface area contributed by atoms with Gasteiger partial charge in [0.2, 0.25) is 0 Å². The Hall–Kier alpha value is -6.51. The fraction of sp³-hybridized carbons (Fsp3) is 0.100. The summed E-state index contributed by atoms with van der Waals surface area (Å²) < 4.78 is 0. The monoisotopic (exact) mass is 834 g/mol. The van der Waals surface area contributed by atoms with Crippen molar-refractivity contribution in [1.29, 1.82) is 0 Å². The molecule has 9 rings (SSSR count). The van der Waals surface area contributed by atoms with Gasteiger partial charge in [-0.15, -0.1) is 11.1 Å². The van der Waals surface area contributed by atoms with Gasteiger partial charge < -0.3 is 0 Å². The lowest BCUT2D eigenvalue weighted by Crippen LogP contribution is -2.66. The van der Waals surface area contributed by atoms with Crippen LogP contribution >= 0.6 is 11.1 Å². The second-order valence-electron chi connectivity index (χ2n) is 16.7. The summed E-state index contributed by atoms with van der Waals surface area (Å²) in [7, 11) is -3.93. The molecule has 0 bridgehead atoms. The van der Waals surface area contributed by atoms with Crippen molar-refractivity contribution in [3.8, 4) is 66.8 Å². The van der Waals surface area contributed by atoms with E-state index in [1.807, 2.05) is 0 Å². The Morgan fingerprint density at radius 3 is 0.677 bits per heavy atom. The maximum Gasteiger partial charge on any atom is 0.251 e. The molecule has 9 aromatic carbocycles. The Balaban J connectivity index is 1.66. The third-order valence-electron chi connectivity index (χ3n) is 13.0. The van der Waals surface area contributed by atoms with Gasteiger partial charge in [0.25, 0.3) is 7.38 Å². The number of halogens is 1. The van der Waals surface area contributed by atoms with Crippen LogP contribution in [0.25, 0.3) is 66.8 Å². The van der Waals surface area contributed by atoms with E-state index in [-0.39, 0.29) is 0 Å². The predicted octanol–water partition coefficient (Wildman–Crippen LogP) is 14.7. The van der Waals surface area contributed by atoms with Crippen molar-refractivity contribution in [2.24, 2.45) is 0 Å². The van der Waals surface area contributed by atoms with Gasteiger partial charge in [0.05, 0.1) is 0 Å². The highest BCUT2D eigenvalue weighted by molar-refractivity contribution is 7.42. The molecule has 0 aliphatic heterocycles. The van der Waals surface area contributed by atoms with Gasteiger partial charge in [-0.05, 0) is 157 Å². The zero-order chi connectivity index (χ0) is 43.0. The smallest absolute Gasteiger partial charge is 0.149 e. The first-order chi connectivity index (χ1) is 30.2. The Kier molecular flexibility index (Phi) is 11.3. The highest BCUT2D eigenvalue weighted by atomic mass is 35.6. The van der Waals surface area contributed by atoms with E-state index in [0.717, 1.165) is 33.4 Å². The Labute approximate surface area is 373 Å². The molecule has 0 atom stereocenters. The summed E-state index contributed by atoms with van der Waals surface area (Å²) in [4.78, 5) is 0. The summed E-state index contributed by atoms with van der Waals surface area (Å²) in [6.45, 7) is 13.7. The first-order valence-electron chi connectivity index (χ1n) is 21.6. The van der Waals surface area contributed by atoms with E-state index in [9.17, 15) is 11.1 Å². The van der Waals surface area contributed by atoms with Gasteiger partial charge in [0.1, 0.15) is 0 Å². The van der Waals surface area contributed by atoms with Gasteiger partial charge >= 0.3 is 0 Å². The normalized spacial score (nSPS) is 11.5.